The van der Waals surface area contributed by atoms with Crippen molar-refractivity contribution in [1.82, 2.24) is 0 Å². The van der Waals surface area contributed by atoms with Crippen molar-refractivity contribution in [1.29, 1.82) is 0 Å². The molecule has 3 rings (SSSR count). The van der Waals surface area contributed by atoms with Gasteiger partial charge in [-0.1, -0.05) is 6.92 Å². The SMILES string of the molecule is CCCOc1ccc(C(=O)Nc2ccc(C(=O)Nc3ccc(OC)cc3)cc2)cc1OCC. The Morgan fingerprint density at radius 1 is 0.727 bits per heavy atom. The highest BCUT2D eigenvalue weighted by Crippen LogP contribution is 2.29. The number of carbonyl (C=O) groups is 2. The van der Waals surface area contributed by atoms with Gasteiger partial charge < -0.3 is 24.8 Å². The van der Waals surface area contributed by atoms with Crippen LogP contribution in [0.1, 0.15) is 41.0 Å². The molecule has 7 nitrogen and oxygen atoms in total. The van der Waals surface area contributed by atoms with Gasteiger partial charge in [0.25, 0.3) is 11.8 Å². The number of anilines is 2. The van der Waals surface area contributed by atoms with Crippen LogP contribution in [0, 0.1) is 0 Å². The highest BCUT2D eigenvalue weighted by Gasteiger charge is 2.13. The summed E-state index contributed by atoms with van der Waals surface area (Å²) in [5, 5.41) is 5.66. The fourth-order valence-electron chi connectivity index (χ4n) is 3.03. The molecule has 2 amide bonds. The van der Waals surface area contributed by atoms with Gasteiger partial charge in [0.05, 0.1) is 20.3 Å². The maximum absolute atomic E-state index is 12.7. The summed E-state index contributed by atoms with van der Waals surface area (Å²) in [6.07, 6.45) is 0.877. The van der Waals surface area contributed by atoms with Gasteiger partial charge in [0, 0.05) is 22.5 Å². The Balaban J connectivity index is 1.64. The van der Waals surface area contributed by atoms with Crippen molar-refractivity contribution in [2.45, 2.75) is 20.3 Å². The molecule has 0 saturated carbocycles. The van der Waals surface area contributed by atoms with E-state index < -0.39 is 0 Å². The molecule has 33 heavy (non-hydrogen) atoms. The molecule has 0 fully saturated rings. The molecule has 2 N–H and O–H groups in total. The van der Waals surface area contributed by atoms with Crippen molar-refractivity contribution < 1.29 is 23.8 Å². The molecule has 0 spiro atoms. The number of benzene rings is 3. The molecule has 0 aliphatic carbocycles. The standard InChI is InChI=1S/C26H28N2O5/c1-4-16-33-23-15-8-19(17-24(23)32-5-2)26(30)28-20-9-6-18(7-10-20)25(29)27-21-11-13-22(31-3)14-12-21/h6-15,17H,4-5,16H2,1-3H3,(H,27,29)(H,28,30). The van der Waals surface area contributed by atoms with Crippen LogP contribution in [-0.4, -0.2) is 32.1 Å². The van der Waals surface area contributed by atoms with Crippen LogP contribution in [0.2, 0.25) is 0 Å². The average Bonchev–Trinajstić information content (AvgIpc) is 2.84. The van der Waals surface area contributed by atoms with Gasteiger partial charge in [-0.15, -0.1) is 0 Å². The molecule has 0 unspecified atom stereocenters. The van der Waals surface area contributed by atoms with E-state index in [0.29, 0.717) is 53.0 Å². The maximum atomic E-state index is 12.7. The molecule has 0 atom stereocenters. The molecular formula is C26H28N2O5. The summed E-state index contributed by atoms with van der Waals surface area (Å²) in [6.45, 7) is 4.94. The average molecular weight is 449 g/mol. The third kappa shape index (κ3) is 6.49. The van der Waals surface area contributed by atoms with E-state index in [9.17, 15) is 9.59 Å². The summed E-state index contributed by atoms with van der Waals surface area (Å²) >= 11 is 0. The zero-order valence-electron chi connectivity index (χ0n) is 19.0. The first kappa shape index (κ1) is 23.7. The Morgan fingerprint density at radius 2 is 1.30 bits per heavy atom. The van der Waals surface area contributed by atoms with Crippen molar-refractivity contribution in [3.63, 3.8) is 0 Å². The van der Waals surface area contributed by atoms with Gasteiger partial charge in [-0.05, 0) is 80.1 Å². The number of carbonyl (C=O) groups excluding carboxylic acids is 2. The summed E-state index contributed by atoms with van der Waals surface area (Å²) in [5.41, 5.74) is 2.16. The first-order valence-corrected chi connectivity index (χ1v) is 10.8. The highest BCUT2D eigenvalue weighted by atomic mass is 16.5. The highest BCUT2D eigenvalue weighted by molar-refractivity contribution is 6.06. The van der Waals surface area contributed by atoms with Crippen molar-refractivity contribution in [2.75, 3.05) is 31.0 Å². The zero-order chi connectivity index (χ0) is 23.6. The van der Waals surface area contributed by atoms with Gasteiger partial charge in [-0.25, -0.2) is 0 Å². The van der Waals surface area contributed by atoms with E-state index in [1.807, 2.05) is 13.8 Å². The second-order valence-corrected chi connectivity index (χ2v) is 7.16. The second kappa shape index (κ2) is 11.6. The zero-order valence-corrected chi connectivity index (χ0v) is 19.0. The minimum Gasteiger partial charge on any atom is -0.497 e. The maximum Gasteiger partial charge on any atom is 0.255 e. The molecule has 7 heteroatoms. The number of rotatable bonds is 10. The summed E-state index contributed by atoms with van der Waals surface area (Å²) in [5.74, 6) is 1.33. The molecule has 0 bridgehead atoms. The molecule has 0 radical (unpaired) electrons. The largest absolute Gasteiger partial charge is 0.497 e. The first-order valence-electron chi connectivity index (χ1n) is 10.8. The second-order valence-electron chi connectivity index (χ2n) is 7.16. The predicted molar refractivity (Wildman–Crippen MR) is 129 cm³/mol. The lowest BCUT2D eigenvalue weighted by molar-refractivity contribution is 0.101. The number of amides is 2. The molecular weight excluding hydrogens is 420 g/mol. The molecule has 3 aromatic rings. The van der Waals surface area contributed by atoms with Gasteiger partial charge in [0.2, 0.25) is 0 Å². The Bertz CT molecular complexity index is 1080. The number of hydrogen-bond donors (Lipinski definition) is 2. The molecule has 0 aromatic heterocycles. The summed E-state index contributed by atoms with van der Waals surface area (Å²) in [4.78, 5) is 25.2. The fourth-order valence-corrected chi connectivity index (χ4v) is 3.03. The van der Waals surface area contributed by atoms with Crippen LogP contribution in [-0.2, 0) is 0 Å². The summed E-state index contributed by atoms with van der Waals surface area (Å²) in [7, 11) is 1.59. The topological polar surface area (TPSA) is 85.9 Å². The Morgan fingerprint density at radius 3 is 1.88 bits per heavy atom. The van der Waals surface area contributed by atoms with Crippen LogP contribution < -0.4 is 24.8 Å². The normalized spacial score (nSPS) is 10.3. The van der Waals surface area contributed by atoms with Gasteiger partial charge in [-0.2, -0.15) is 0 Å². The van der Waals surface area contributed by atoms with Crippen LogP contribution in [0.4, 0.5) is 11.4 Å². The van der Waals surface area contributed by atoms with E-state index in [4.69, 9.17) is 14.2 Å². The molecule has 3 aromatic carbocycles. The monoisotopic (exact) mass is 448 g/mol. The van der Waals surface area contributed by atoms with E-state index in [-0.39, 0.29) is 11.8 Å². The van der Waals surface area contributed by atoms with Crippen LogP contribution in [0.3, 0.4) is 0 Å². The van der Waals surface area contributed by atoms with Crippen molar-refractivity contribution in [3.05, 3.63) is 77.9 Å². The first-order chi connectivity index (χ1) is 16.0. The Labute approximate surface area is 193 Å². The summed E-state index contributed by atoms with van der Waals surface area (Å²) in [6, 6.07) is 18.8. The van der Waals surface area contributed by atoms with E-state index in [1.54, 1.807) is 73.8 Å². The number of ether oxygens (including phenoxy) is 3. The molecule has 0 saturated heterocycles. The van der Waals surface area contributed by atoms with Gasteiger partial charge in [-0.3, -0.25) is 9.59 Å². The smallest absolute Gasteiger partial charge is 0.255 e. The van der Waals surface area contributed by atoms with E-state index in [2.05, 4.69) is 10.6 Å². The van der Waals surface area contributed by atoms with E-state index in [1.165, 1.54) is 0 Å². The predicted octanol–water partition coefficient (Wildman–Crippen LogP) is 5.39. The third-order valence-corrected chi connectivity index (χ3v) is 4.72. The van der Waals surface area contributed by atoms with E-state index >= 15 is 0 Å². The number of methoxy groups -OCH3 is 1. The van der Waals surface area contributed by atoms with Gasteiger partial charge in [0.15, 0.2) is 11.5 Å². The third-order valence-electron chi connectivity index (χ3n) is 4.72. The quantitative estimate of drug-likeness (QED) is 0.434. The number of nitrogens with one attached hydrogen (secondary N) is 2. The fraction of sp³-hybridized carbons (Fsp3) is 0.231. The minimum absolute atomic E-state index is 0.248. The lowest BCUT2D eigenvalue weighted by Gasteiger charge is -2.13. The van der Waals surface area contributed by atoms with Gasteiger partial charge >= 0.3 is 0 Å². The molecule has 172 valence electrons. The van der Waals surface area contributed by atoms with Crippen molar-refractivity contribution >= 4 is 23.2 Å². The van der Waals surface area contributed by atoms with Crippen molar-refractivity contribution in [2.24, 2.45) is 0 Å². The van der Waals surface area contributed by atoms with Crippen LogP contribution >= 0.6 is 0 Å². The van der Waals surface area contributed by atoms with E-state index in [0.717, 1.165) is 6.42 Å². The van der Waals surface area contributed by atoms with Crippen LogP contribution in [0.5, 0.6) is 17.2 Å². The Kier molecular flexibility index (Phi) is 8.30. The minimum atomic E-state index is -0.284. The summed E-state index contributed by atoms with van der Waals surface area (Å²) < 4.78 is 16.4. The Hall–Kier alpha value is -4.00. The van der Waals surface area contributed by atoms with Crippen molar-refractivity contribution in [3.8, 4) is 17.2 Å². The molecule has 0 aliphatic rings. The lowest BCUT2D eigenvalue weighted by atomic mass is 10.1. The lowest BCUT2D eigenvalue weighted by Crippen LogP contribution is -2.14. The number of hydrogen-bond acceptors (Lipinski definition) is 5. The van der Waals surface area contributed by atoms with Crippen LogP contribution in [0.15, 0.2) is 66.7 Å². The van der Waals surface area contributed by atoms with Gasteiger partial charge in [0.1, 0.15) is 5.75 Å². The van der Waals surface area contributed by atoms with Crippen LogP contribution in [0.25, 0.3) is 0 Å². The molecule has 0 heterocycles. The molecule has 0 aliphatic heterocycles.